The standard InChI is InChI=1S/C15H31N7.HI/c1-5-14-20-19-13-22(14)12-10-18-15(16-6-2)17-9-11-21(7-3)8-4;/h13H,5-12H2,1-4H3,(H2,16,17,18);1H. The molecular weight excluding hydrogens is 405 g/mol. The van der Waals surface area contributed by atoms with E-state index in [2.05, 4.69) is 63.0 Å². The Hall–Kier alpha value is -0.900. The minimum absolute atomic E-state index is 0. The van der Waals surface area contributed by atoms with Gasteiger partial charge in [-0.15, -0.1) is 34.2 Å². The molecule has 0 radical (unpaired) electrons. The van der Waals surface area contributed by atoms with Crippen LogP contribution in [0.3, 0.4) is 0 Å². The van der Waals surface area contributed by atoms with Gasteiger partial charge in [-0.05, 0) is 20.0 Å². The molecule has 7 nitrogen and oxygen atoms in total. The average Bonchev–Trinajstić information content (AvgIpc) is 2.99. The number of hydrogen-bond donors (Lipinski definition) is 2. The summed E-state index contributed by atoms with van der Waals surface area (Å²) >= 11 is 0. The molecule has 0 spiro atoms. The lowest BCUT2D eigenvalue weighted by atomic mass is 10.4. The van der Waals surface area contributed by atoms with Crippen molar-refractivity contribution < 1.29 is 0 Å². The number of nitrogens with zero attached hydrogens (tertiary/aromatic N) is 5. The van der Waals surface area contributed by atoms with Crippen LogP contribution in [0.25, 0.3) is 0 Å². The molecule has 0 fully saturated rings. The van der Waals surface area contributed by atoms with E-state index in [0.29, 0.717) is 0 Å². The first-order chi connectivity index (χ1) is 10.7. The van der Waals surface area contributed by atoms with Crippen LogP contribution in [0.5, 0.6) is 0 Å². The van der Waals surface area contributed by atoms with Crippen molar-refractivity contribution >= 4 is 29.9 Å². The van der Waals surface area contributed by atoms with Crippen LogP contribution in [-0.2, 0) is 13.0 Å². The third-order valence-electron chi connectivity index (χ3n) is 3.58. The summed E-state index contributed by atoms with van der Waals surface area (Å²) in [6.07, 6.45) is 2.68. The minimum Gasteiger partial charge on any atom is -0.357 e. The summed E-state index contributed by atoms with van der Waals surface area (Å²) < 4.78 is 2.08. The molecule has 8 heteroatoms. The molecule has 134 valence electrons. The predicted molar refractivity (Wildman–Crippen MR) is 107 cm³/mol. The van der Waals surface area contributed by atoms with Crippen molar-refractivity contribution in [3.63, 3.8) is 0 Å². The van der Waals surface area contributed by atoms with Crippen molar-refractivity contribution in [2.75, 3.05) is 39.3 Å². The van der Waals surface area contributed by atoms with Crippen LogP contribution in [0.2, 0.25) is 0 Å². The average molecular weight is 437 g/mol. The van der Waals surface area contributed by atoms with Gasteiger partial charge < -0.3 is 20.1 Å². The molecule has 1 heterocycles. The second kappa shape index (κ2) is 13.5. The molecule has 1 aromatic rings. The molecule has 0 aromatic carbocycles. The lowest BCUT2D eigenvalue weighted by molar-refractivity contribution is 0.313. The van der Waals surface area contributed by atoms with Gasteiger partial charge in [0.2, 0.25) is 0 Å². The summed E-state index contributed by atoms with van der Waals surface area (Å²) in [5.74, 6) is 1.89. The van der Waals surface area contributed by atoms with Crippen molar-refractivity contribution in [2.24, 2.45) is 4.99 Å². The zero-order chi connectivity index (χ0) is 16.2. The largest absolute Gasteiger partial charge is 0.357 e. The van der Waals surface area contributed by atoms with E-state index in [0.717, 1.165) is 64.0 Å². The number of guanidine groups is 1. The Morgan fingerprint density at radius 2 is 1.96 bits per heavy atom. The molecule has 0 aliphatic rings. The minimum atomic E-state index is 0. The van der Waals surface area contributed by atoms with Gasteiger partial charge in [0.05, 0.1) is 6.54 Å². The molecule has 0 unspecified atom stereocenters. The summed E-state index contributed by atoms with van der Waals surface area (Å²) in [4.78, 5) is 7.00. The maximum atomic E-state index is 4.62. The molecule has 0 aliphatic carbocycles. The Morgan fingerprint density at radius 1 is 1.22 bits per heavy atom. The fourth-order valence-corrected chi connectivity index (χ4v) is 2.22. The van der Waals surface area contributed by atoms with Crippen molar-refractivity contribution in [3.05, 3.63) is 12.2 Å². The van der Waals surface area contributed by atoms with Crippen LogP contribution >= 0.6 is 24.0 Å². The number of aryl methyl sites for hydroxylation is 1. The van der Waals surface area contributed by atoms with Crippen molar-refractivity contribution in [3.8, 4) is 0 Å². The number of aliphatic imine (C=N–C) groups is 1. The first kappa shape index (κ1) is 22.1. The molecule has 0 bridgehead atoms. The molecule has 0 aliphatic heterocycles. The number of likely N-dealkylation sites (N-methyl/N-ethyl adjacent to an activating group) is 1. The molecule has 0 atom stereocenters. The molecule has 0 saturated heterocycles. The summed E-state index contributed by atoms with van der Waals surface area (Å²) in [5, 5.41) is 14.7. The van der Waals surface area contributed by atoms with Crippen LogP contribution in [0.15, 0.2) is 11.3 Å². The van der Waals surface area contributed by atoms with E-state index in [-0.39, 0.29) is 24.0 Å². The quantitative estimate of drug-likeness (QED) is 0.329. The summed E-state index contributed by atoms with van der Waals surface area (Å²) in [7, 11) is 0. The fraction of sp³-hybridized carbons (Fsp3) is 0.800. The molecule has 23 heavy (non-hydrogen) atoms. The third-order valence-corrected chi connectivity index (χ3v) is 3.58. The Balaban J connectivity index is 0.00000484. The van der Waals surface area contributed by atoms with Crippen LogP contribution < -0.4 is 10.6 Å². The second-order valence-corrected chi connectivity index (χ2v) is 5.01. The lowest BCUT2D eigenvalue weighted by Gasteiger charge is -2.17. The van der Waals surface area contributed by atoms with E-state index < -0.39 is 0 Å². The Kier molecular flexibility index (Phi) is 13.0. The zero-order valence-electron chi connectivity index (χ0n) is 14.9. The van der Waals surface area contributed by atoms with Gasteiger partial charge in [0.15, 0.2) is 5.96 Å². The number of halogens is 1. The zero-order valence-corrected chi connectivity index (χ0v) is 17.2. The normalized spacial score (nSPS) is 11.4. The monoisotopic (exact) mass is 437 g/mol. The second-order valence-electron chi connectivity index (χ2n) is 5.01. The van der Waals surface area contributed by atoms with Crippen molar-refractivity contribution in [1.29, 1.82) is 0 Å². The Bertz CT molecular complexity index is 429. The number of nitrogens with one attached hydrogen (secondary N) is 2. The highest BCUT2D eigenvalue weighted by Crippen LogP contribution is 1.94. The molecular formula is C15H32IN7. The molecule has 0 amide bonds. The topological polar surface area (TPSA) is 70.4 Å². The van der Waals surface area contributed by atoms with Gasteiger partial charge in [-0.25, -0.2) is 0 Å². The highest BCUT2D eigenvalue weighted by molar-refractivity contribution is 14.0. The fourth-order valence-electron chi connectivity index (χ4n) is 2.22. The third kappa shape index (κ3) is 8.50. The van der Waals surface area contributed by atoms with E-state index in [1.807, 2.05) is 0 Å². The lowest BCUT2D eigenvalue weighted by Crippen LogP contribution is -2.39. The highest BCUT2D eigenvalue weighted by atomic mass is 127. The van der Waals surface area contributed by atoms with Gasteiger partial charge in [0.25, 0.3) is 0 Å². The van der Waals surface area contributed by atoms with Gasteiger partial charge in [0.1, 0.15) is 12.2 Å². The van der Waals surface area contributed by atoms with Crippen LogP contribution in [0, 0.1) is 0 Å². The molecule has 1 rings (SSSR count). The van der Waals surface area contributed by atoms with Gasteiger partial charge in [-0.1, -0.05) is 20.8 Å². The van der Waals surface area contributed by atoms with Crippen LogP contribution in [-0.4, -0.2) is 64.9 Å². The SMILES string of the molecule is CCNC(=NCCN(CC)CC)NCCn1cnnc1CC.I. The highest BCUT2D eigenvalue weighted by Gasteiger charge is 2.02. The van der Waals surface area contributed by atoms with Crippen LogP contribution in [0.4, 0.5) is 0 Å². The maximum Gasteiger partial charge on any atom is 0.191 e. The van der Waals surface area contributed by atoms with Gasteiger partial charge in [-0.3, -0.25) is 4.99 Å². The van der Waals surface area contributed by atoms with Gasteiger partial charge in [-0.2, -0.15) is 0 Å². The van der Waals surface area contributed by atoms with E-state index >= 15 is 0 Å². The molecule has 2 N–H and O–H groups in total. The predicted octanol–water partition coefficient (Wildman–Crippen LogP) is 1.36. The van der Waals surface area contributed by atoms with E-state index in [9.17, 15) is 0 Å². The summed E-state index contributed by atoms with van der Waals surface area (Å²) in [6.45, 7) is 15.0. The smallest absolute Gasteiger partial charge is 0.191 e. The first-order valence-electron chi connectivity index (χ1n) is 8.36. The molecule has 1 aromatic heterocycles. The van der Waals surface area contributed by atoms with Crippen molar-refractivity contribution in [2.45, 2.75) is 40.7 Å². The van der Waals surface area contributed by atoms with Crippen molar-refractivity contribution in [1.82, 2.24) is 30.3 Å². The number of aromatic nitrogens is 3. The number of rotatable bonds is 10. The Morgan fingerprint density at radius 3 is 2.57 bits per heavy atom. The Labute approximate surface area is 157 Å². The summed E-state index contributed by atoms with van der Waals surface area (Å²) in [5.41, 5.74) is 0. The van der Waals surface area contributed by atoms with Gasteiger partial charge in [0, 0.05) is 32.6 Å². The molecule has 0 saturated carbocycles. The first-order valence-corrected chi connectivity index (χ1v) is 8.36. The summed E-state index contributed by atoms with van der Waals surface area (Å²) in [6, 6.07) is 0. The van der Waals surface area contributed by atoms with E-state index in [1.54, 1.807) is 6.33 Å². The van der Waals surface area contributed by atoms with Gasteiger partial charge >= 0.3 is 0 Å². The van der Waals surface area contributed by atoms with E-state index in [4.69, 9.17) is 0 Å². The van der Waals surface area contributed by atoms with E-state index in [1.165, 1.54) is 0 Å². The van der Waals surface area contributed by atoms with Crippen LogP contribution in [0.1, 0.15) is 33.5 Å². The number of hydrogen-bond acceptors (Lipinski definition) is 4. The maximum absolute atomic E-state index is 4.62.